The highest BCUT2D eigenvalue weighted by Crippen LogP contribution is 2.38. The zero-order valence-electron chi connectivity index (χ0n) is 17.2. The molecule has 1 aromatic heterocycles. The van der Waals surface area contributed by atoms with Crippen LogP contribution in [0.15, 0.2) is 29.2 Å². The zero-order chi connectivity index (χ0) is 20.8. The molecule has 0 saturated carbocycles. The van der Waals surface area contributed by atoms with Gasteiger partial charge in [-0.3, -0.25) is 9.69 Å². The summed E-state index contributed by atoms with van der Waals surface area (Å²) in [5.74, 6) is 0.357. The van der Waals surface area contributed by atoms with Crippen LogP contribution in [-0.2, 0) is 17.7 Å². The Balaban J connectivity index is 1.92. The van der Waals surface area contributed by atoms with Gasteiger partial charge in [0.2, 0.25) is 0 Å². The van der Waals surface area contributed by atoms with E-state index in [4.69, 9.17) is 4.74 Å². The Hall–Kier alpha value is -1.83. The Morgan fingerprint density at radius 2 is 2.03 bits per heavy atom. The number of esters is 1. The molecule has 0 radical (unpaired) electrons. The minimum absolute atomic E-state index is 0.184. The first-order valence-electron chi connectivity index (χ1n) is 10.2. The fourth-order valence-electron chi connectivity index (χ4n) is 3.58. The van der Waals surface area contributed by atoms with Crippen molar-refractivity contribution in [3.8, 4) is 0 Å². The van der Waals surface area contributed by atoms with Gasteiger partial charge in [-0.25, -0.2) is 4.79 Å². The Morgan fingerprint density at radius 3 is 2.76 bits per heavy atom. The van der Waals surface area contributed by atoms with Crippen molar-refractivity contribution in [1.29, 1.82) is 0 Å². The number of ether oxygens (including phenoxy) is 1. The van der Waals surface area contributed by atoms with Crippen LogP contribution in [0.1, 0.15) is 58.3 Å². The van der Waals surface area contributed by atoms with Crippen LogP contribution >= 0.6 is 23.1 Å². The minimum atomic E-state index is -0.347. The zero-order valence-corrected chi connectivity index (χ0v) is 18.9. The van der Waals surface area contributed by atoms with Gasteiger partial charge in [-0.05, 0) is 49.8 Å². The maximum atomic E-state index is 13.0. The average molecular weight is 433 g/mol. The van der Waals surface area contributed by atoms with Gasteiger partial charge in [0.15, 0.2) is 0 Å². The van der Waals surface area contributed by atoms with Crippen molar-refractivity contribution >= 4 is 40.0 Å². The van der Waals surface area contributed by atoms with Gasteiger partial charge in [-0.1, -0.05) is 26.0 Å². The summed E-state index contributed by atoms with van der Waals surface area (Å²) in [5.41, 5.74) is 2.21. The highest BCUT2D eigenvalue weighted by Gasteiger charge is 2.29. The number of rotatable bonds is 8. The van der Waals surface area contributed by atoms with Crippen LogP contribution in [0.5, 0.6) is 0 Å². The second-order valence-corrected chi connectivity index (χ2v) is 9.25. The fraction of sp³-hybridized carbons (Fsp3) is 0.455. The van der Waals surface area contributed by atoms with Crippen LogP contribution in [-0.4, -0.2) is 42.2 Å². The van der Waals surface area contributed by atoms with E-state index in [-0.39, 0.29) is 11.9 Å². The minimum Gasteiger partial charge on any atom is -0.462 e. The largest absolute Gasteiger partial charge is 0.462 e. The average Bonchev–Trinajstić information content (AvgIpc) is 3.06. The third-order valence-corrected chi connectivity index (χ3v) is 6.90. The van der Waals surface area contributed by atoms with E-state index >= 15 is 0 Å². The second-order valence-electron chi connectivity index (χ2n) is 6.84. The molecule has 1 aliphatic rings. The van der Waals surface area contributed by atoms with E-state index in [2.05, 4.69) is 24.1 Å². The van der Waals surface area contributed by atoms with Gasteiger partial charge in [-0.15, -0.1) is 23.1 Å². The van der Waals surface area contributed by atoms with Crippen LogP contribution in [0, 0.1) is 0 Å². The summed E-state index contributed by atoms with van der Waals surface area (Å²) in [5, 5.41) is 3.62. The van der Waals surface area contributed by atoms with Crippen LogP contribution in [0.3, 0.4) is 0 Å². The first-order chi connectivity index (χ1) is 14.1. The predicted octanol–water partition coefficient (Wildman–Crippen LogP) is 5.06. The molecule has 0 unspecified atom stereocenters. The van der Waals surface area contributed by atoms with Crippen molar-refractivity contribution in [1.82, 2.24) is 4.90 Å². The highest BCUT2D eigenvalue weighted by molar-refractivity contribution is 7.99. The summed E-state index contributed by atoms with van der Waals surface area (Å²) < 4.78 is 5.32. The Bertz CT molecular complexity index is 879. The number of carbonyl (C=O) groups is 2. The summed E-state index contributed by atoms with van der Waals surface area (Å²) in [6.45, 7) is 9.13. The number of nitrogens with one attached hydrogen (secondary N) is 1. The van der Waals surface area contributed by atoms with Crippen LogP contribution < -0.4 is 5.32 Å². The van der Waals surface area contributed by atoms with Gasteiger partial charge in [0.1, 0.15) is 5.00 Å². The van der Waals surface area contributed by atoms with E-state index in [1.165, 1.54) is 11.3 Å². The lowest BCUT2D eigenvalue weighted by molar-refractivity contribution is 0.0526. The molecular weight excluding hydrogens is 404 g/mol. The molecule has 29 heavy (non-hydrogen) atoms. The van der Waals surface area contributed by atoms with Crippen molar-refractivity contribution in [2.45, 2.75) is 45.1 Å². The molecule has 1 N–H and O–H groups in total. The topological polar surface area (TPSA) is 58.6 Å². The van der Waals surface area contributed by atoms with Crippen LogP contribution in [0.4, 0.5) is 5.00 Å². The molecule has 1 aliphatic heterocycles. The van der Waals surface area contributed by atoms with E-state index in [0.29, 0.717) is 22.7 Å². The summed E-state index contributed by atoms with van der Waals surface area (Å²) in [7, 11) is 0. The molecular formula is C22H28N2O3S2. The molecule has 0 fully saturated rings. The molecule has 0 spiro atoms. The Kier molecular flexibility index (Phi) is 7.75. The van der Waals surface area contributed by atoms with Crippen molar-refractivity contribution < 1.29 is 14.3 Å². The Morgan fingerprint density at radius 1 is 1.24 bits per heavy atom. The molecule has 2 aromatic rings. The normalized spacial score (nSPS) is 13.8. The number of anilines is 1. The maximum absolute atomic E-state index is 13.0. The number of thioether (sulfide) groups is 1. The predicted molar refractivity (Wildman–Crippen MR) is 120 cm³/mol. The molecule has 0 aliphatic carbocycles. The number of hydrogen-bond donors (Lipinski definition) is 1. The molecule has 0 saturated heterocycles. The van der Waals surface area contributed by atoms with Crippen molar-refractivity contribution in [3.05, 3.63) is 45.8 Å². The number of benzene rings is 1. The van der Waals surface area contributed by atoms with Gasteiger partial charge >= 0.3 is 5.97 Å². The molecule has 0 atom stereocenters. The molecule has 1 aromatic carbocycles. The smallest absolute Gasteiger partial charge is 0.341 e. The van der Waals surface area contributed by atoms with Crippen molar-refractivity contribution in [2.75, 3.05) is 30.8 Å². The van der Waals surface area contributed by atoms with Gasteiger partial charge < -0.3 is 10.1 Å². The van der Waals surface area contributed by atoms with Crippen LogP contribution in [0.25, 0.3) is 0 Å². The lowest BCUT2D eigenvalue weighted by Gasteiger charge is -2.26. The molecule has 0 bridgehead atoms. The summed E-state index contributed by atoms with van der Waals surface area (Å²) >= 11 is 3.14. The molecule has 156 valence electrons. The quantitative estimate of drug-likeness (QED) is 0.467. The number of nitrogens with zero attached hydrogens (tertiary/aromatic N) is 1. The summed E-state index contributed by atoms with van der Waals surface area (Å²) in [4.78, 5) is 30.2. The van der Waals surface area contributed by atoms with E-state index in [1.807, 2.05) is 24.3 Å². The molecule has 5 nitrogen and oxygen atoms in total. The van der Waals surface area contributed by atoms with E-state index in [9.17, 15) is 9.59 Å². The first kappa shape index (κ1) is 21.9. The SMILES string of the molecule is CCCN1CCc2c(sc(NC(=O)c3ccccc3SCC)c2C(=O)OCC)C1. The second kappa shape index (κ2) is 10.3. The molecule has 2 heterocycles. The van der Waals surface area contributed by atoms with E-state index in [1.54, 1.807) is 18.7 Å². The lowest BCUT2D eigenvalue weighted by Crippen LogP contribution is -2.30. The fourth-order valence-corrected chi connectivity index (χ4v) is 5.65. The van der Waals surface area contributed by atoms with Gasteiger partial charge in [0.25, 0.3) is 5.91 Å². The first-order valence-corrected chi connectivity index (χ1v) is 12.0. The molecule has 1 amide bonds. The number of hydrogen-bond acceptors (Lipinski definition) is 6. The standard InChI is InChI=1S/C22H28N2O3S2/c1-4-12-24-13-11-15-18(14-24)29-21(19(15)22(26)27-5-2)23-20(25)16-9-7-8-10-17(16)28-6-3/h7-10H,4-6,11-14H2,1-3H3,(H,23,25). The number of amides is 1. The summed E-state index contributed by atoms with van der Waals surface area (Å²) in [6.07, 6.45) is 1.90. The maximum Gasteiger partial charge on any atom is 0.341 e. The van der Waals surface area contributed by atoms with Crippen LogP contribution in [0.2, 0.25) is 0 Å². The lowest BCUT2D eigenvalue weighted by atomic mass is 10.0. The number of fused-ring (bicyclic) bond motifs is 1. The van der Waals surface area contributed by atoms with Gasteiger partial charge in [-0.2, -0.15) is 0 Å². The van der Waals surface area contributed by atoms with Gasteiger partial charge in [0, 0.05) is 22.9 Å². The number of thiophene rings is 1. The summed E-state index contributed by atoms with van der Waals surface area (Å²) in [6, 6.07) is 7.58. The third-order valence-electron chi connectivity index (χ3n) is 4.81. The van der Waals surface area contributed by atoms with Crippen molar-refractivity contribution in [2.24, 2.45) is 0 Å². The van der Waals surface area contributed by atoms with Gasteiger partial charge in [0.05, 0.1) is 17.7 Å². The van der Waals surface area contributed by atoms with E-state index < -0.39 is 0 Å². The highest BCUT2D eigenvalue weighted by atomic mass is 32.2. The molecule has 3 rings (SSSR count). The van der Waals surface area contributed by atoms with E-state index in [0.717, 1.165) is 53.6 Å². The van der Waals surface area contributed by atoms with Crippen molar-refractivity contribution in [3.63, 3.8) is 0 Å². The monoisotopic (exact) mass is 432 g/mol. The number of carbonyl (C=O) groups excluding carboxylic acids is 2. The Labute approximate surface area is 180 Å². The molecule has 7 heteroatoms. The third kappa shape index (κ3) is 5.02.